The number of likely N-dealkylation sites (tertiary alicyclic amines) is 1. The maximum atomic E-state index is 16.3. The Morgan fingerprint density at radius 3 is 2.14 bits per heavy atom. The zero-order chi connectivity index (χ0) is 44.2. The van der Waals surface area contributed by atoms with Gasteiger partial charge in [-0.05, 0) is 130 Å². The number of carbonyl (C=O) groups is 4. The lowest BCUT2D eigenvalue weighted by Gasteiger charge is -2.55. The lowest BCUT2D eigenvalue weighted by atomic mass is 9.60. The number of alkyl halides is 2. The number of anilines is 1. The molecule has 15 heteroatoms. The number of halogens is 4. The van der Waals surface area contributed by atoms with E-state index in [0.717, 1.165) is 104 Å². The molecule has 336 valence electrons. The van der Waals surface area contributed by atoms with Crippen molar-refractivity contribution in [3.05, 3.63) is 99.2 Å². The summed E-state index contributed by atoms with van der Waals surface area (Å²) in [5.41, 5.74) is 5.74. The summed E-state index contributed by atoms with van der Waals surface area (Å²) in [5, 5.41) is 3.20. The van der Waals surface area contributed by atoms with E-state index in [1.165, 1.54) is 17.0 Å². The van der Waals surface area contributed by atoms with Crippen molar-refractivity contribution in [1.82, 2.24) is 29.9 Å². The van der Waals surface area contributed by atoms with Crippen LogP contribution < -0.4 is 10.2 Å². The Hall–Kier alpha value is -5.12. The number of piperidine rings is 3. The van der Waals surface area contributed by atoms with Crippen LogP contribution in [0.15, 0.2) is 48.5 Å². The van der Waals surface area contributed by atoms with Crippen LogP contribution in [0.5, 0.6) is 0 Å². The molecule has 7 heterocycles. The molecular formula is C49H53F4N7O4. The van der Waals surface area contributed by atoms with Crippen LogP contribution in [0.2, 0.25) is 0 Å². The van der Waals surface area contributed by atoms with Gasteiger partial charge in [-0.3, -0.25) is 39.2 Å². The predicted molar refractivity (Wildman–Crippen MR) is 231 cm³/mol. The molecule has 0 radical (unpaired) electrons. The smallest absolute Gasteiger partial charge is 0.262 e. The van der Waals surface area contributed by atoms with E-state index in [-0.39, 0.29) is 24.4 Å². The molecule has 3 atom stereocenters. The van der Waals surface area contributed by atoms with Gasteiger partial charge in [-0.25, -0.2) is 17.6 Å². The highest BCUT2D eigenvalue weighted by molar-refractivity contribution is 6.23. The number of aromatic amines is 1. The van der Waals surface area contributed by atoms with Crippen LogP contribution in [-0.4, -0.2) is 112 Å². The molecule has 11 rings (SSSR count). The number of fused-ring (bicyclic) bond motifs is 5. The second-order valence-corrected chi connectivity index (χ2v) is 19.7. The third-order valence-corrected chi connectivity index (χ3v) is 16.0. The molecule has 1 spiro atoms. The topological polar surface area (TPSA) is 112 Å². The first-order valence-corrected chi connectivity index (χ1v) is 23.0. The first-order valence-electron chi connectivity index (χ1n) is 23.0. The van der Waals surface area contributed by atoms with E-state index in [4.69, 9.17) is 0 Å². The summed E-state index contributed by atoms with van der Waals surface area (Å²) in [5.74, 6) is -2.88. The molecule has 64 heavy (non-hydrogen) atoms. The van der Waals surface area contributed by atoms with Gasteiger partial charge in [0.1, 0.15) is 17.7 Å². The van der Waals surface area contributed by atoms with Crippen LogP contribution in [0.25, 0.3) is 10.9 Å². The first kappa shape index (κ1) is 41.6. The Morgan fingerprint density at radius 1 is 0.844 bits per heavy atom. The van der Waals surface area contributed by atoms with Gasteiger partial charge in [0.25, 0.3) is 18.2 Å². The van der Waals surface area contributed by atoms with Gasteiger partial charge in [-0.15, -0.1) is 0 Å². The fourth-order valence-corrected chi connectivity index (χ4v) is 12.5. The molecule has 4 fully saturated rings. The van der Waals surface area contributed by atoms with E-state index in [1.807, 2.05) is 43.3 Å². The van der Waals surface area contributed by atoms with Crippen molar-refractivity contribution in [2.24, 2.45) is 11.3 Å². The van der Waals surface area contributed by atoms with E-state index < -0.39 is 60.3 Å². The molecule has 7 aliphatic rings. The molecule has 1 unspecified atom stereocenters. The zero-order valence-electron chi connectivity index (χ0n) is 36.0. The number of imide groups is 2. The van der Waals surface area contributed by atoms with Gasteiger partial charge in [0.15, 0.2) is 0 Å². The van der Waals surface area contributed by atoms with E-state index in [0.29, 0.717) is 59.4 Å². The number of H-pyrrole nitrogens is 1. The number of carbonyl (C=O) groups excluding carboxylic acids is 4. The maximum Gasteiger partial charge on any atom is 0.262 e. The van der Waals surface area contributed by atoms with Gasteiger partial charge in [0.2, 0.25) is 11.8 Å². The largest absolute Gasteiger partial charge is 0.371 e. The summed E-state index contributed by atoms with van der Waals surface area (Å²) >= 11 is 0. The van der Waals surface area contributed by atoms with E-state index in [9.17, 15) is 28.0 Å². The van der Waals surface area contributed by atoms with Gasteiger partial charge in [0.05, 0.1) is 23.7 Å². The molecule has 4 amide bonds. The number of hydrogen-bond donors (Lipinski definition) is 2. The summed E-state index contributed by atoms with van der Waals surface area (Å²) in [6.07, 6.45) is 4.47. The minimum absolute atomic E-state index is 0.0913. The van der Waals surface area contributed by atoms with Gasteiger partial charge in [-0.1, -0.05) is 18.2 Å². The molecule has 6 aliphatic heterocycles. The predicted octanol–water partition coefficient (Wildman–Crippen LogP) is 6.93. The van der Waals surface area contributed by atoms with Crippen LogP contribution in [0.3, 0.4) is 0 Å². The Kier molecular flexibility index (Phi) is 10.3. The van der Waals surface area contributed by atoms with Crippen molar-refractivity contribution < 1.29 is 36.7 Å². The molecule has 1 saturated carbocycles. The van der Waals surface area contributed by atoms with Crippen molar-refractivity contribution in [2.75, 3.05) is 44.2 Å². The van der Waals surface area contributed by atoms with Gasteiger partial charge < -0.3 is 14.8 Å². The minimum atomic E-state index is -2.66. The summed E-state index contributed by atoms with van der Waals surface area (Å²) < 4.78 is 60.5. The Labute approximate surface area is 369 Å². The second-order valence-electron chi connectivity index (χ2n) is 19.7. The van der Waals surface area contributed by atoms with Crippen LogP contribution in [0.4, 0.5) is 23.2 Å². The summed E-state index contributed by atoms with van der Waals surface area (Å²) in [4.78, 5) is 63.9. The van der Waals surface area contributed by atoms with Crippen LogP contribution in [-0.2, 0) is 29.1 Å². The van der Waals surface area contributed by atoms with E-state index in [1.54, 1.807) is 0 Å². The SMILES string of the molecule is C[C@@H]1Cc2c([nH]c3ccccc23)[C@@H](c2c(F)cc(N3CCC(CN4CCC5(CC4)CC(N4Cc6cc7c(cc6C4)C(=O)N(C4CCC(=O)NC4=O)C7=O)C5)CC3)cc2F)N1CC(F)F. The molecule has 11 nitrogen and oxygen atoms in total. The summed E-state index contributed by atoms with van der Waals surface area (Å²) in [6.45, 7) is 7.19. The number of benzene rings is 3. The van der Waals surface area contributed by atoms with Gasteiger partial charge in [-0.2, -0.15) is 0 Å². The number of nitrogens with one attached hydrogen (secondary N) is 2. The quantitative estimate of drug-likeness (QED) is 0.145. The molecule has 1 aromatic heterocycles. The van der Waals surface area contributed by atoms with E-state index >= 15 is 8.78 Å². The number of aromatic nitrogens is 1. The first-order chi connectivity index (χ1) is 30.8. The van der Waals surface area contributed by atoms with Crippen LogP contribution in [0, 0.1) is 23.0 Å². The number of rotatable bonds is 8. The highest BCUT2D eigenvalue weighted by Gasteiger charge is 2.50. The average molecular weight is 880 g/mol. The Bertz CT molecular complexity index is 2510. The molecule has 3 aromatic carbocycles. The lowest BCUT2D eigenvalue weighted by molar-refractivity contribution is -0.136. The minimum Gasteiger partial charge on any atom is -0.371 e. The molecular weight excluding hydrogens is 827 g/mol. The second kappa shape index (κ2) is 15.8. The molecule has 4 aromatic rings. The normalized spacial score (nSPS) is 25.7. The molecule has 0 bridgehead atoms. The van der Waals surface area contributed by atoms with E-state index in [2.05, 4.69) is 25.0 Å². The van der Waals surface area contributed by atoms with Gasteiger partial charge in [0, 0.05) is 79.1 Å². The highest BCUT2D eigenvalue weighted by Crippen LogP contribution is 2.53. The summed E-state index contributed by atoms with van der Waals surface area (Å²) in [6, 6.07) is 12.3. The van der Waals surface area contributed by atoms with Crippen molar-refractivity contribution in [2.45, 2.75) is 108 Å². The third-order valence-electron chi connectivity index (χ3n) is 16.0. The third kappa shape index (κ3) is 7.04. The zero-order valence-corrected chi connectivity index (χ0v) is 36.0. The Morgan fingerprint density at radius 2 is 1.50 bits per heavy atom. The van der Waals surface area contributed by atoms with Crippen molar-refractivity contribution in [3.63, 3.8) is 0 Å². The van der Waals surface area contributed by atoms with Gasteiger partial charge >= 0.3 is 0 Å². The van der Waals surface area contributed by atoms with Crippen molar-refractivity contribution in [1.29, 1.82) is 0 Å². The monoisotopic (exact) mass is 879 g/mol. The Balaban J connectivity index is 0.674. The highest BCUT2D eigenvalue weighted by atomic mass is 19.3. The number of para-hydroxylation sites is 1. The van der Waals surface area contributed by atoms with Crippen LogP contribution in [0.1, 0.15) is 113 Å². The fraction of sp³-hybridized carbons (Fsp3) is 0.510. The lowest BCUT2D eigenvalue weighted by Crippen LogP contribution is -2.54. The number of amides is 4. The molecule has 2 N–H and O–H groups in total. The van der Waals surface area contributed by atoms with Crippen molar-refractivity contribution >= 4 is 40.2 Å². The number of hydrogen-bond acceptors (Lipinski definition) is 8. The average Bonchev–Trinajstić information content (AvgIpc) is 3.91. The standard InChI is InChI=1S/C49H53F4N7O4/c1-27-16-34-33-4-2-3-5-39(33)54-44(34)45(59(27)26-41(52)53)43-37(50)19-31(20-38(43)51)57-12-8-28(9-13-57)23-56-14-10-49(11-15-56)21-32(22-49)58-24-29-17-35-36(18-30(29)25-58)48(64)60(47(35)63)40-6-7-42(61)55-46(40)62/h2-5,17-20,27-28,32,40-41,45,54H,6-16,21-26H2,1H3,(H,55,61,62)/t27-,40?,45-/m1/s1. The summed E-state index contributed by atoms with van der Waals surface area (Å²) in [7, 11) is 0. The van der Waals surface area contributed by atoms with Crippen molar-refractivity contribution in [3.8, 4) is 0 Å². The van der Waals surface area contributed by atoms with Crippen LogP contribution >= 0.6 is 0 Å². The fourth-order valence-electron chi connectivity index (χ4n) is 12.5. The number of nitrogens with zero attached hydrogens (tertiary/aromatic N) is 5. The maximum absolute atomic E-state index is 16.3. The molecule has 1 aliphatic carbocycles. The molecule has 3 saturated heterocycles.